The Kier molecular flexibility index (Phi) is 7.64. The smallest absolute Gasteiger partial charge is 0.325 e. The minimum absolute atomic E-state index is 0.125. The Labute approximate surface area is 118 Å². The zero-order valence-corrected chi connectivity index (χ0v) is 11.6. The number of urea groups is 1. The van der Waals surface area contributed by atoms with E-state index < -0.39 is 12.0 Å². The predicted octanol–water partition coefficient (Wildman–Crippen LogP) is 1.32. The molecule has 0 aliphatic rings. The van der Waals surface area contributed by atoms with Crippen LogP contribution in [0.25, 0.3) is 0 Å². The molecule has 0 aliphatic heterocycles. The van der Waals surface area contributed by atoms with Crippen LogP contribution < -0.4 is 15.4 Å². The van der Waals surface area contributed by atoms with E-state index >= 15 is 0 Å². The maximum Gasteiger partial charge on any atom is 0.325 e. The van der Waals surface area contributed by atoms with Gasteiger partial charge < -0.3 is 20.1 Å². The number of hydrogen-bond acceptors (Lipinski definition) is 4. The third-order valence-corrected chi connectivity index (χ3v) is 2.32. The van der Waals surface area contributed by atoms with Crippen molar-refractivity contribution in [3.8, 4) is 5.75 Å². The second-order valence-corrected chi connectivity index (χ2v) is 3.93. The average molecular weight is 280 g/mol. The first-order valence-electron chi connectivity index (χ1n) is 6.57. The summed E-state index contributed by atoms with van der Waals surface area (Å²) in [7, 11) is 0. The van der Waals surface area contributed by atoms with E-state index in [9.17, 15) is 9.59 Å². The minimum Gasteiger partial charge on any atom is -0.494 e. The molecule has 20 heavy (non-hydrogen) atoms. The van der Waals surface area contributed by atoms with Gasteiger partial charge in [-0.3, -0.25) is 4.79 Å². The highest BCUT2D eigenvalue weighted by Crippen LogP contribution is 2.07. The SMILES string of the molecule is CCOC(=O)CNC(=O)NCCCOc1ccccc1. The van der Waals surface area contributed by atoms with Gasteiger partial charge in [0.05, 0.1) is 13.2 Å². The van der Waals surface area contributed by atoms with Crippen molar-refractivity contribution in [1.82, 2.24) is 10.6 Å². The van der Waals surface area contributed by atoms with Gasteiger partial charge in [-0.15, -0.1) is 0 Å². The molecule has 0 saturated heterocycles. The molecule has 1 rings (SSSR count). The molecule has 6 nitrogen and oxygen atoms in total. The van der Waals surface area contributed by atoms with E-state index in [1.165, 1.54) is 0 Å². The van der Waals surface area contributed by atoms with Gasteiger partial charge >= 0.3 is 12.0 Å². The molecule has 0 aliphatic carbocycles. The molecule has 0 fully saturated rings. The molecule has 0 unspecified atom stereocenters. The first-order valence-corrected chi connectivity index (χ1v) is 6.57. The Morgan fingerprint density at radius 1 is 1.15 bits per heavy atom. The summed E-state index contributed by atoms with van der Waals surface area (Å²) in [6.07, 6.45) is 0.682. The molecule has 2 N–H and O–H groups in total. The van der Waals surface area contributed by atoms with Crippen molar-refractivity contribution >= 4 is 12.0 Å². The number of benzene rings is 1. The largest absolute Gasteiger partial charge is 0.494 e. The standard InChI is InChI=1S/C14H20N2O4/c1-2-19-13(17)11-16-14(18)15-9-6-10-20-12-7-4-3-5-8-12/h3-5,7-8H,2,6,9-11H2,1H3,(H2,15,16,18). The summed E-state index contributed by atoms with van der Waals surface area (Å²) >= 11 is 0. The van der Waals surface area contributed by atoms with E-state index in [0.717, 1.165) is 5.75 Å². The van der Waals surface area contributed by atoms with Crippen LogP contribution in [0.5, 0.6) is 5.75 Å². The van der Waals surface area contributed by atoms with Crippen molar-refractivity contribution < 1.29 is 19.1 Å². The van der Waals surface area contributed by atoms with Gasteiger partial charge in [-0.25, -0.2) is 4.79 Å². The number of rotatable bonds is 8. The summed E-state index contributed by atoms with van der Waals surface area (Å²) in [6.45, 7) is 2.88. The zero-order chi connectivity index (χ0) is 14.6. The lowest BCUT2D eigenvalue weighted by atomic mass is 10.3. The van der Waals surface area contributed by atoms with Crippen molar-refractivity contribution in [1.29, 1.82) is 0 Å². The fraction of sp³-hybridized carbons (Fsp3) is 0.429. The lowest BCUT2D eigenvalue weighted by Gasteiger charge is -2.08. The molecule has 6 heteroatoms. The molecule has 0 spiro atoms. The highest BCUT2D eigenvalue weighted by atomic mass is 16.5. The first kappa shape index (κ1) is 15.8. The maximum atomic E-state index is 11.3. The van der Waals surface area contributed by atoms with E-state index in [1.54, 1.807) is 6.92 Å². The summed E-state index contributed by atoms with van der Waals surface area (Å²) in [4.78, 5) is 22.3. The van der Waals surface area contributed by atoms with Gasteiger partial charge in [0.25, 0.3) is 0 Å². The Morgan fingerprint density at radius 3 is 2.60 bits per heavy atom. The fourth-order valence-electron chi connectivity index (χ4n) is 1.41. The van der Waals surface area contributed by atoms with Crippen molar-refractivity contribution in [3.05, 3.63) is 30.3 Å². The summed E-state index contributed by atoms with van der Waals surface area (Å²) in [5.41, 5.74) is 0. The minimum atomic E-state index is -0.449. The molecule has 1 aromatic rings. The number of amides is 2. The maximum absolute atomic E-state index is 11.3. The van der Waals surface area contributed by atoms with Gasteiger partial charge in [-0.1, -0.05) is 18.2 Å². The molecule has 0 heterocycles. The predicted molar refractivity (Wildman–Crippen MR) is 74.6 cm³/mol. The number of carbonyl (C=O) groups excluding carboxylic acids is 2. The van der Waals surface area contributed by atoms with Crippen LogP contribution in [0.1, 0.15) is 13.3 Å². The number of ether oxygens (including phenoxy) is 2. The van der Waals surface area contributed by atoms with Gasteiger partial charge in [0, 0.05) is 6.54 Å². The normalized spacial score (nSPS) is 9.65. The van der Waals surface area contributed by atoms with Gasteiger partial charge in [-0.2, -0.15) is 0 Å². The molecular weight excluding hydrogens is 260 g/mol. The Hall–Kier alpha value is -2.24. The Bertz CT molecular complexity index is 409. The number of esters is 1. The molecule has 110 valence electrons. The third-order valence-electron chi connectivity index (χ3n) is 2.32. The molecule has 0 aromatic heterocycles. The molecule has 0 saturated carbocycles. The van der Waals surface area contributed by atoms with Crippen LogP contribution in [-0.2, 0) is 9.53 Å². The van der Waals surface area contributed by atoms with Crippen LogP contribution in [0.4, 0.5) is 4.79 Å². The number of carbonyl (C=O) groups is 2. The lowest BCUT2D eigenvalue weighted by Crippen LogP contribution is -2.39. The number of hydrogen-bond donors (Lipinski definition) is 2. The summed E-state index contributed by atoms with van der Waals surface area (Å²) < 4.78 is 10.2. The Balaban J connectivity index is 2.00. The molecule has 0 atom stereocenters. The highest BCUT2D eigenvalue weighted by Gasteiger charge is 2.04. The molecular formula is C14H20N2O4. The van der Waals surface area contributed by atoms with E-state index in [2.05, 4.69) is 15.4 Å². The van der Waals surface area contributed by atoms with E-state index in [-0.39, 0.29) is 6.54 Å². The topological polar surface area (TPSA) is 76.7 Å². The first-order chi connectivity index (χ1) is 9.72. The van der Waals surface area contributed by atoms with Crippen LogP contribution >= 0.6 is 0 Å². The lowest BCUT2D eigenvalue weighted by molar-refractivity contribution is -0.141. The molecule has 0 radical (unpaired) electrons. The van der Waals surface area contributed by atoms with E-state index in [1.807, 2.05) is 30.3 Å². The second kappa shape index (κ2) is 9.66. The van der Waals surface area contributed by atoms with Gasteiger partial charge in [-0.05, 0) is 25.5 Å². The summed E-state index contributed by atoms with van der Waals surface area (Å²) in [6, 6.07) is 9.08. The van der Waals surface area contributed by atoms with Crippen LogP contribution in [0, 0.1) is 0 Å². The number of para-hydroxylation sites is 1. The third kappa shape index (κ3) is 7.25. The van der Waals surface area contributed by atoms with Crippen LogP contribution in [0.3, 0.4) is 0 Å². The fourth-order valence-corrected chi connectivity index (χ4v) is 1.41. The van der Waals surface area contributed by atoms with Gasteiger partial charge in [0.15, 0.2) is 0 Å². The quantitative estimate of drug-likeness (QED) is 0.556. The highest BCUT2D eigenvalue weighted by molar-refractivity contribution is 5.80. The van der Waals surface area contributed by atoms with Gasteiger partial charge in [0.2, 0.25) is 0 Å². The Morgan fingerprint density at radius 2 is 1.90 bits per heavy atom. The molecule has 0 bridgehead atoms. The monoisotopic (exact) mass is 280 g/mol. The molecule has 2 amide bonds. The van der Waals surface area contributed by atoms with Crippen molar-refractivity contribution in [3.63, 3.8) is 0 Å². The summed E-state index contributed by atoms with van der Waals surface area (Å²) in [5, 5.41) is 5.04. The average Bonchev–Trinajstić information content (AvgIpc) is 2.46. The zero-order valence-electron chi connectivity index (χ0n) is 11.6. The van der Waals surface area contributed by atoms with Crippen LogP contribution in [0.15, 0.2) is 30.3 Å². The van der Waals surface area contributed by atoms with E-state index in [0.29, 0.717) is 26.2 Å². The van der Waals surface area contributed by atoms with Crippen molar-refractivity contribution in [2.75, 3.05) is 26.3 Å². The van der Waals surface area contributed by atoms with Crippen LogP contribution in [-0.4, -0.2) is 38.3 Å². The van der Waals surface area contributed by atoms with Crippen molar-refractivity contribution in [2.24, 2.45) is 0 Å². The molecule has 1 aromatic carbocycles. The van der Waals surface area contributed by atoms with Crippen LogP contribution in [0.2, 0.25) is 0 Å². The number of nitrogens with one attached hydrogen (secondary N) is 2. The second-order valence-electron chi connectivity index (χ2n) is 3.93. The van der Waals surface area contributed by atoms with Crippen molar-refractivity contribution in [2.45, 2.75) is 13.3 Å². The van der Waals surface area contributed by atoms with E-state index in [4.69, 9.17) is 4.74 Å². The summed E-state index contributed by atoms with van der Waals surface area (Å²) in [5.74, 6) is 0.356. The van der Waals surface area contributed by atoms with Gasteiger partial charge in [0.1, 0.15) is 12.3 Å².